The summed E-state index contributed by atoms with van der Waals surface area (Å²) in [5.74, 6) is -1.62. The SMILES string of the molecule is CCC(OC(=O)[C@H](C)NS(=O)(=O)c1ccc(NC(C)=O)cc1)C(=O)NCc1ccccc1. The zero-order chi connectivity index (χ0) is 23.7. The second-order valence-electron chi connectivity index (χ2n) is 7.09. The minimum atomic E-state index is -4.02. The van der Waals surface area contributed by atoms with Crippen LogP contribution in [0, 0.1) is 0 Å². The van der Waals surface area contributed by atoms with Gasteiger partial charge in [0.1, 0.15) is 6.04 Å². The van der Waals surface area contributed by atoms with E-state index in [9.17, 15) is 22.8 Å². The Morgan fingerprint density at radius 1 is 1.00 bits per heavy atom. The van der Waals surface area contributed by atoms with E-state index in [0.717, 1.165) is 5.56 Å². The van der Waals surface area contributed by atoms with Crippen LogP contribution in [0.5, 0.6) is 0 Å². The molecule has 2 aromatic rings. The van der Waals surface area contributed by atoms with Gasteiger partial charge in [0, 0.05) is 19.2 Å². The molecule has 1 unspecified atom stereocenters. The van der Waals surface area contributed by atoms with Gasteiger partial charge in [-0.1, -0.05) is 37.3 Å². The molecule has 0 aromatic heterocycles. The van der Waals surface area contributed by atoms with Crippen LogP contribution in [-0.4, -0.2) is 38.3 Å². The van der Waals surface area contributed by atoms with E-state index in [1.807, 2.05) is 30.3 Å². The third kappa shape index (κ3) is 7.47. The molecular formula is C22H27N3O6S. The molecule has 0 bridgehead atoms. The topological polar surface area (TPSA) is 131 Å². The standard InChI is InChI=1S/C22H27N3O6S/c1-4-20(21(27)23-14-17-8-6-5-7-9-17)31-22(28)15(2)25-32(29,30)19-12-10-18(11-13-19)24-16(3)26/h5-13,15,20,25H,4,14H2,1-3H3,(H,23,27)(H,24,26)/t15-,20?/m0/s1. The van der Waals surface area contributed by atoms with Crippen molar-refractivity contribution in [2.75, 3.05) is 5.32 Å². The Balaban J connectivity index is 1.94. The molecule has 0 aliphatic carbocycles. The molecule has 3 N–H and O–H groups in total. The molecule has 0 saturated heterocycles. The molecule has 0 heterocycles. The average molecular weight is 462 g/mol. The van der Waals surface area contributed by atoms with E-state index < -0.39 is 34.0 Å². The van der Waals surface area contributed by atoms with Gasteiger partial charge in [0.2, 0.25) is 15.9 Å². The average Bonchev–Trinajstić information content (AvgIpc) is 2.76. The summed E-state index contributed by atoms with van der Waals surface area (Å²) < 4.78 is 32.6. The molecule has 2 rings (SSSR count). The molecule has 0 spiro atoms. The second-order valence-corrected chi connectivity index (χ2v) is 8.80. The minimum absolute atomic E-state index is 0.0844. The van der Waals surface area contributed by atoms with Crippen LogP contribution in [-0.2, 0) is 35.7 Å². The molecule has 0 aliphatic heterocycles. The molecular weight excluding hydrogens is 434 g/mol. The first kappa shape index (κ1) is 25.0. The number of hydrogen-bond donors (Lipinski definition) is 3. The van der Waals surface area contributed by atoms with Gasteiger partial charge in [-0.25, -0.2) is 8.42 Å². The van der Waals surface area contributed by atoms with E-state index in [2.05, 4.69) is 15.4 Å². The fraction of sp³-hybridized carbons (Fsp3) is 0.318. The summed E-state index contributed by atoms with van der Waals surface area (Å²) >= 11 is 0. The lowest BCUT2D eigenvalue weighted by Crippen LogP contribution is -2.44. The van der Waals surface area contributed by atoms with Crippen LogP contribution < -0.4 is 15.4 Å². The first-order chi connectivity index (χ1) is 15.1. The van der Waals surface area contributed by atoms with Crippen molar-refractivity contribution < 1.29 is 27.5 Å². The number of amides is 2. The number of carbonyl (C=O) groups excluding carboxylic acids is 3. The summed E-state index contributed by atoms with van der Waals surface area (Å²) in [5, 5.41) is 5.24. The number of nitrogens with one attached hydrogen (secondary N) is 3. The van der Waals surface area contributed by atoms with Crippen LogP contribution in [0.15, 0.2) is 59.5 Å². The van der Waals surface area contributed by atoms with E-state index in [-0.39, 0.29) is 23.8 Å². The minimum Gasteiger partial charge on any atom is -0.451 e. The molecule has 0 radical (unpaired) electrons. The Labute approximate surface area is 187 Å². The van der Waals surface area contributed by atoms with Crippen LogP contribution in [0.4, 0.5) is 5.69 Å². The van der Waals surface area contributed by atoms with E-state index in [4.69, 9.17) is 4.74 Å². The third-order valence-corrected chi connectivity index (χ3v) is 5.96. The zero-order valence-electron chi connectivity index (χ0n) is 18.1. The molecule has 2 aromatic carbocycles. The second kappa shape index (κ2) is 11.4. The van der Waals surface area contributed by atoms with Crippen molar-refractivity contribution >= 4 is 33.5 Å². The van der Waals surface area contributed by atoms with Gasteiger partial charge in [-0.2, -0.15) is 4.72 Å². The summed E-state index contributed by atoms with van der Waals surface area (Å²) in [4.78, 5) is 35.7. The molecule has 0 fully saturated rings. The lowest BCUT2D eigenvalue weighted by Gasteiger charge is -2.19. The van der Waals surface area contributed by atoms with Crippen molar-refractivity contribution in [1.82, 2.24) is 10.0 Å². The lowest BCUT2D eigenvalue weighted by molar-refractivity contribution is -0.157. The maximum atomic E-state index is 12.5. The number of carbonyl (C=O) groups is 3. The predicted molar refractivity (Wildman–Crippen MR) is 119 cm³/mol. The first-order valence-corrected chi connectivity index (χ1v) is 11.5. The lowest BCUT2D eigenvalue weighted by atomic mass is 10.2. The summed E-state index contributed by atoms with van der Waals surface area (Å²) in [7, 11) is -4.02. The molecule has 172 valence electrons. The van der Waals surface area contributed by atoms with Crippen molar-refractivity contribution in [1.29, 1.82) is 0 Å². The fourth-order valence-corrected chi connectivity index (χ4v) is 3.93. The Bertz CT molecular complexity index is 1040. The Kier molecular flexibility index (Phi) is 8.91. The van der Waals surface area contributed by atoms with Gasteiger partial charge in [-0.3, -0.25) is 14.4 Å². The van der Waals surface area contributed by atoms with Crippen molar-refractivity contribution in [2.45, 2.75) is 50.8 Å². The summed E-state index contributed by atoms with van der Waals surface area (Å²) in [6.45, 7) is 4.64. The number of benzene rings is 2. The number of anilines is 1. The van der Waals surface area contributed by atoms with Crippen LogP contribution in [0.1, 0.15) is 32.8 Å². The Hall–Kier alpha value is -3.24. The van der Waals surface area contributed by atoms with Gasteiger partial charge in [0.15, 0.2) is 6.10 Å². The van der Waals surface area contributed by atoms with Gasteiger partial charge < -0.3 is 15.4 Å². The molecule has 0 saturated carbocycles. The predicted octanol–water partition coefficient (Wildman–Crippen LogP) is 1.95. The molecule has 0 aliphatic rings. The zero-order valence-corrected chi connectivity index (χ0v) is 18.9. The fourth-order valence-electron chi connectivity index (χ4n) is 2.73. The largest absolute Gasteiger partial charge is 0.451 e. The highest BCUT2D eigenvalue weighted by atomic mass is 32.2. The first-order valence-electron chi connectivity index (χ1n) is 10.0. The number of ether oxygens (including phenoxy) is 1. The normalized spacial score (nSPS) is 13.0. The number of esters is 1. The molecule has 2 amide bonds. The highest BCUT2D eigenvalue weighted by Crippen LogP contribution is 2.15. The molecule has 2 atom stereocenters. The Morgan fingerprint density at radius 3 is 2.19 bits per heavy atom. The molecule has 10 heteroatoms. The van der Waals surface area contributed by atoms with E-state index in [1.54, 1.807) is 6.92 Å². The van der Waals surface area contributed by atoms with E-state index in [1.165, 1.54) is 38.1 Å². The van der Waals surface area contributed by atoms with Crippen LogP contribution in [0.3, 0.4) is 0 Å². The van der Waals surface area contributed by atoms with Crippen LogP contribution in [0.2, 0.25) is 0 Å². The van der Waals surface area contributed by atoms with Gasteiger partial charge in [0.05, 0.1) is 4.90 Å². The molecule has 9 nitrogen and oxygen atoms in total. The number of rotatable bonds is 10. The highest BCUT2D eigenvalue weighted by molar-refractivity contribution is 7.89. The van der Waals surface area contributed by atoms with E-state index in [0.29, 0.717) is 5.69 Å². The van der Waals surface area contributed by atoms with Crippen LogP contribution in [0.25, 0.3) is 0 Å². The summed E-state index contributed by atoms with van der Waals surface area (Å²) in [5.41, 5.74) is 1.34. The van der Waals surface area contributed by atoms with E-state index >= 15 is 0 Å². The smallest absolute Gasteiger partial charge is 0.324 e. The maximum absolute atomic E-state index is 12.5. The highest BCUT2D eigenvalue weighted by Gasteiger charge is 2.27. The number of hydrogen-bond acceptors (Lipinski definition) is 6. The quantitative estimate of drug-likeness (QED) is 0.464. The molecule has 32 heavy (non-hydrogen) atoms. The third-order valence-electron chi connectivity index (χ3n) is 4.40. The van der Waals surface area contributed by atoms with Crippen molar-refractivity contribution in [3.63, 3.8) is 0 Å². The van der Waals surface area contributed by atoms with Crippen molar-refractivity contribution in [3.05, 3.63) is 60.2 Å². The monoisotopic (exact) mass is 461 g/mol. The summed E-state index contributed by atoms with van der Waals surface area (Å²) in [6.07, 6.45) is -0.814. The maximum Gasteiger partial charge on any atom is 0.324 e. The Morgan fingerprint density at radius 2 is 1.62 bits per heavy atom. The van der Waals surface area contributed by atoms with Crippen molar-refractivity contribution in [3.8, 4) is 0 Å². The summed E-state index contributed by atoms with van der Waals surface area (Å²) in [6, 6.07) is 13.5. The van der Waals surface area contributed by atoms with Gasteiger partial charge in [0.25, 0.3) is 5.91 Å². The van der Waals surface area contributed by atoms with Crippen molar-refractivity contribution in [2.24, 2.45) is 0 Å². The van der Waals surface area contributed by atoms with Gasteiger partial charge in [-0.15, -0.1) is 0 Å². The number of sulfonamides is 1. The van der Waals surface area contributed by atoms with Gasteiger partial charge in [-0.05, 0) is 43.2 Å². The van der Waals surface area contributed by atoms with Crippen LogP contribution >= 0.6 is 0 Å². The van der Waals surface area contributed by atoms with Gasteiger partial charge >= 0.3 is 5.97 Å².